The normalized spacial score (nSPS) is 12.7. The Kier molecular flexibility index (Phi) is 7.08. The lowest BCUT2D eigenvalue weighted by Crippen LogP contribution is -2.54. The van der Waals surface area contributed by atoms with E-state index in [-0.39, 0.29) is 0 Å². The first kappa shape index (κ1) is 20.3. The number of guanidine groups is 1. The summed E-state index contributed by atoms with van der Waals surface area (Å²) in [6.07, 6.45) is -0.425. The number of rotatable bonds is 5. The van der Waals surface area contributed by atoms with Crippen LogP contribution in [0.15, 0.2) is 16.4 Å². The van der Waals surface area contributed by atoms with E-state index in [1.54, 1.807) is 18.4 Å². The van der Waals surface area contributed by atoms with E-state index in [2.05, 4.69) is 39.3 Å². The van der Waals surface area contributed by atoms with Gasteiger partial charge < -0.3 is 20.7 Å². The Hall–Kier alpha value is -1.76. The van der Waals surface area contributed by atoms with Crippen LogP contribution in [0.5, 0.6) is 0 Å². The maximum Gasteiger partial charge on any atom is 0.408 e. The first-order chi connectivity index (χ1) is 11.0. The number of aliphatic imine (C=N–C) groups is 1. The van der Waals surface area contributed by atoms with Gasteiger partial charge >= 0.3 is 6.09 Å². The van der Waals surface area contributed by atoms with Gasteiger partial charge in [0.1, 0.15) is 5.60 Å². The van der Waals surface area contributed by atoms with E-state index in [0.717, 1.165) is 6.54 Å². The van der Waals surface area contributed by atoms with Crippen molar-refractivity contribution in [2.75, 3.05) is 13.6 Å². The van der Waals surface area contributed by atoms with E-state index in [9.17, 15) is 4.79 Å². The van der Waals surface area contributed by atoms with Crippen LogP contribution in [0.1, 0.15) is 45.1 Å². The Morgan fingerprint density at radius 2 is 1.92 bits per heavy atom. The number of ether oxygens (including phenoxy) is 1. The number of aryl methyl sites for hydroxylation is 1. The molecule has 0 saturated carbocycles. The molecular formula is C17H30N4O2S. The van der Waals surface area contributed by atoms with Gasteiger partial charge in [0.15, 0.2) is 5.96 Å². The van der Waals surface area contributed by atoms with Crippen LogP contribution in [0.4, 0.5) is 4.79 Å². The molecule has 0 aliphatic carbocycles. The lowest BCUT2D eigenvalue weighted by molar-refractivity contribution is 0.0474. The molecule has 136 valence electrons. The topological polar surface area (TPSA) is 74.8 Å². The fraction of sp³-hybridized carbons (Fsp3) is 0.647. The molecule has 1 aromatic rings. The summed E-state index contributed by atoms with van der Waals surface area (Å²) in [5.41, 5.74) is 0.289. The number of alkyl carbamates (subject to hydrolysis) is 1. The predicted octanol–water partition coefficient (Wildman–Crippen LogP) is 3.02. The summed E-state index contributed by atoms with van der Waals surface area (Å²) >= 11 is 1.72. The average molecular weight is 355 g/mol. The highest BCUT2D eigenvalue weighted by molar-refractivity contribution is 7.10. The lowest BCUT2D eigenvalue weighted by Gasteiger charge is -2.29. The average Bonchev–Trinajstić information content (AvgIpc) is 2.81. The van der Waals surface area contributed by atoms with Crippen molar-refractivity contribution < 1.29 is 9.53 Å². The van der Waals surface area contributed by atoms with Crippen LogP contribution in [0.2, 0.25) is 0 Å². The van der Waals surface area contributed by atoms with E-state index in [0.29, 0.717) is 12.5 Å². The monoisotopic (exact) mass is 354 g/mol. The third-order valence-electron chi connectivity index (χ3n) is 3.15. The zero-order valence-electron chi connectivity index (χ0n) is 15.7. The van der Waals surface area contributed by atoms with E-state index >= 15 is 0 Å². The van der Waals surface area contributed by atoms with Crippen LogP contribution in [-0.2, 0) is 11.3 Å². The van der Waals surface area contributed by atoms with Gasteiger partial charge in [0.05, 0.1) is 12.1 Å². The third kappa shape index (κ3) is 7.68. The van der Waals surface area contributed by atoms with Gasteiger partial charge in [-0.15, -0.1) is 11.3 Å². The molecule has 0 aromatic carbocycles. The second kappa shape index (κ2) is 8.37. The van der Waals surface area contributed by atoms with Crippen molar-refractivity contribution in [2.45, 2.75) is 59.2 Å². The van der Waals surface area contributed by atoms with Gasteiger partial charge in [-0.1, -0.05) is 0 Å². The van der Waals surface area contributed by atoms with Gasteiger partial charge in [-0.3, -0.25) is 4.99 Å². The molecule has 0 spiro atoms. The van der Waals surface area contributed by atoms with Crippen molar-refractivity contribution in [3.05, 3.63) is 21.9 Å². The fourth-order valence-electron chi connectivity index (χ4n) is 1.90. The SMILES string of the molecule is CN=C(NCc1sccc1C)NCC(C)(C)NC(=O)OC(C)(C)C. The Balaban J connectivity index is 2.46. The van der Waals surface area contributed by atoms with Crippen molar-refractivity contribution in [2.24, 2.45) is 4.99 Å². The second-order valence-corrected chi connectivity index (χ2v) is 8.32. The van der Waals surface area contributed by atoms with Gasteiger partial charge in [0, 0.05) is 18.5 Å². The van der Waals surface area contributed by atoms with E-state index < -0.39 is 17.2 Å². The molecule has 0 fully saturated rings. The van der Waals surface area contributed by atoms with Crippen LogP contribution in [0.25, 0.3) is 0 Å². The first-order valence-electron chi connectivity index (χ1n) is 8.01. The van der Waals surface area contributed by atoms with Gasteiger partial charge in [0.25, 0.3) is 0 Å². The molecule has 1 rings (SSSR count). The number of nitrogens with zero attached hydrogens (tertiary/aromatic N) is 1. The Morgan fingerprint density at radius 3 is 2.42 bits per heavy atom. The molecule has 0 aliphatic heterocycles. The predicted molar refractivity (Wildman–Crippen MR) is 101 cm³/mol. The van der Waals surface area contributed by atoms with Crippen molar-refractivity contribution >= 4 is 23.4 Å². The summed E-state index contributed by atoms with van der Waals surface area (Å²) < 4.78 is 5.29. The van der Waals surface area contributed by atoms with Crippen LogP contribution in [-0.4, -0.2) is 36.8 Å². The summed E-state index contributed by atoms with van der Waals surface area (Å²) in [5, 5.41) is 11.5. The van der Waals surface area contributed by atoms with Gasteiger partial charge in [-0.25, -0.2) is 4.79 Å². The second-order valence-electron chi connectivity index (χ2n) is 7.32. The number of carbonyl (C=O) groups is 1. The molecule has 0 atom stereocenters. The molecule has 0 aliphatic rings. The quantitative estimate of drug-likeness (QED) is 0.561. The number of nitrogens with one attached hydrogen (secondary N) is 3. The molecular weight excluding hydrogens is 324 g/mol. The molecule has 0 radical (unpaired) electrons. The van der Waals surface area contributed by atoms with E-state index in [4.69, 9.17) is 4.74 Å². The van der Waals surface area contributed by atoms with E-state index in [1.807, 2.05) is 34.6 Å². The minimum Gasteiger partial charge on any atom is -0.444 e. The molecule has 1 aromatic heterocycles. The highest BCUT2D eigenvalue weighted by Crippen LogP contribution is 2.14. The minimum atomic E-state index is -0.510. The van der Waals surface area contributed by atoms with Crippen molar-refractivity contribution in [1.82, 2.24) is 16.0 Å². The van der Waals surface area contributed by atoms with E-state index in [1.165, 1.54) is 10.4 Å². The maximum absolute atomic E-state index is 11.9. The number of carbonyl (C=O) groups excluding carboxylic acids is 1. The Morgan fingerprint density at radius 1 is 1.25 bits per heavy atom. The molecule has 3 N–H and O–H groups in total. The summed E-state index contributed by atoms with van der Waals surface area (Å²) in [5.74, 6) is 0.696. The summed E-state index contributed by atoms with van der Waals surface area (Å²) in [4.78, 5) is 17.4. The zero-order valence-corrected chi connectivity index (χ0v) is 16.6. The lowest BCUT2D eigenvalue weighted by atomic mass is 10.1. The Bertz CT molecular complexity index is 573. The highest BCUT2D eigenvalue weighted by atomic mass is 32.1. The standard InChI is InChI=1S/C17H30N4O2S/c1-12-8-9-24-13(12)10-19-14(18-7)20-11-17(5,6)21-15(22)23-16(2,3)4/h8-9H,10-11H2,1-7H3,(H,21,22)(H2,18,19,20). The Labute approximate surface area is 149 Å². The molecule has 1 amide bonds. The third-order valence-corrected chi connectivity index (χ3v) is 4.17. The van der Waals surface area contributed by atoms with Crippen molar-refractivity contribution in [3.63, 3.8) is 0 Å². The number of thiophene rings is 1. The van der Waals surface area contributed by atoms with Gasteiger partial charge in [-0.05, 0) is 58.6 Å². The largest absolute Gasteiger partial charge is 0.444 e. The molecule has 1 heterocycles. The molecule has 24 heavy (non-hydrogen) atoms. The zero-order chi connectivity index (χ0) is 18.4. The van der Waals surface area contributed by atoms with Crippen molar-refractivity contribution in [1.29, 1.82) is 0 Å². The van der Waals surface area contributed by atoms with Crippen LogP contribution in [0.3, 0.4) is 0 Å². The molecule has 0 bridgehead atoms. The van der Waals surface area contributed by atoms with Crippen molar-refractivity contribution in [3.8, 4) is 0 Å². The highest BCUT2D eigenvalue weighted by Gasteiger charge is 2.24. The van der Waals surface area contributed by atoms with Crippen LogP contribution >= 0.6 is 11.3 Å². The number of hydrogen-bond acceptors (Lipinski definition) is 4. The summed E-state index contributed by atoms with van der Waals surface area (Å²) in [7, 11) is 1.73. The summed E-state index contributed by atoms with van der Waals surface area (Å²) in [6, 6.07) is 2.10. The number of amides is 1. The van der Waals surface area contributed by atoms with Gasteiger partial charge in [0.2, 0.25) is 0 Å². The fourth-order valence-corrected chi connectivity index (χ4v) is 2.74. The van der Waals surface area contributed by atoms with Gasteiger partial charge in [-0.2, -0.15) is 0 Å². The molecule has 0 saturated heterocycles. The minimum absolute atomic E-state index is 0.425. The number of hydrogen-bond donors (Lipinski definition) is 3. The van der Waals surface area contributed by atoms with Crippen LogP contribution in [0, 0.1) is 6.92 Å². The first-order valence-corrected chi connectivity index (χ1v) is 8.89. The molecule has 0 unspecified atom stereocenters. The summed E-state index contributed by atoms with van der Waals surface area (Å²) in [6.45, 7) is 12.7. The maximum atomic E-state index is 11.9. The molecule has 7 heteroatoms. The van der Waals surface area contributed by atoms with Crippen LogP contribution < -0.4 is 16.0 Å². The molecule has 6 nitrogen and oxygen atoms in total. The smallest absolute Gasteiger partial charge is 0.408 e.